The SMILES string of the molecule is CC(C)(C(=O)N1CC2(CN(C(=O)c3cnn(Cc4ccc(F)cc4)c3)CC2COCc2cccc(C3CCC(F)(F)CC3)c2/C(N)=N/NN)C1)C(F)(F)F. The van der Waals surface area contributed by atoms with Gasteiger partial charge in [-0.15, -0.1) is 5.10 Å². The quantitative estimate of drug-likeness (QED) is 0.0806. The van der Waals surface area contributed by atoms with Crippen molar-refractivity contribution < 1.29 is 40.7 Å². The van der Waals surface area contributed by atoms with Crippen LogP contribution in [0.25, 0.3) is 0 Å². The van der Waals surface area contributed by atoms with E-state index in [1.807, 2.05) is 6.07 Å². The fraction of sp³-hybridized carbons (Fsp3) is 0.514. The highest BCUT2D eigenvalue weighted by atomic mass is 19.4. The van der Waals surface area contributed by atoms with Crippen molar-refractivity contribution in [3.8, 4) is 0 Å². The van der Waals surface area contributed by atoms with Crippen LogP contribution in [0.4, 0.5) is 26.3 Å². The molecule has 0 bridgehead atoms. The number of rotatable bonds is 11. The third kappa shape index (κ3) is 7.92. The number of nitrogens with zero attached hydrogens (tertiary/aromatic N) is 5. The number of halogens is 6. The molecule has 3 aliphatic rings. The Morgan fingerprint density at radius 1 is 1.04 bits per heavy atom. The van der Waals surface area contributed by atoms with Gasteiger partial charge in [0.15, 0.2) is 5.84 Å². The number of nitrogens with one attached hydrogen (secondary N) is 1. The molecule has 6 rings (SSSR count). The highest BCUT2D eigenvalue weighted by Crippen LogP contribution is 2.48. The van der Waals surface area contributed by atoms with Gasteiger partial charge in [-0.3, -0.25) is 14.3 Å². The summed E-state index contributed by atoms with van der Waals surface area (Å²) in [6.45, 7) is 2.50. The summed E-state index contributed by atoms with van der Waals surface area (Å²) < 4.78 is 90.6. The Bertz CT molecular complexity index is 1860. The maximum Gasteiger partial charge on any atom is 0.402 e. The molecule has 2 saturated heterocycles. The van der Waals surface area contributed by atoms with Crippen LogP contribution in [0, 0.1) is 22.6 Å². The van der Waals surface area contributed by atoms with Crippen LogP contribution >= 0.6 is 0 Å². The first kappa shape index (κ1) is 39.1. The van der Waals surface area contributed by atoms with E-state index in [0.717, 1.165) is 25.0 Å². The molecule has 292 valence electrons. The molecule has 3 heterocycles. The minimum absolute atomic E-state index is 0.00179. The van der Waals surface area contributed by atoms with E-state index in [2.05, 4.69) is 15.7 Å². The normalized spacial score (nSPS) is 20.3. The molecule has 17 heteroatoms. The Hall–Kier alpha value is -4.64. The van der Waals surface area contributed by atoms with Gasteiger partial charge in [-0.25, -0.2) is 24.5 Å². The van der Waals surface area contributed by atoms with Gasteiger partial charge in [0.25, 0.3) is 5.91 Å². The molecular formula is C37H44F6N8O3. The standard InChI is InChI=1S/C37H44F6N8O3/c1-34(2,37(41,42)43)33(53)50-21-35(22-50)20-49(32(52)26-14-46-51(16-26)15-23-6-8-28(38)9-7-23)17-27(35)19-54-18-25-4-3-5-29(30(25)31(44)47-48-45)24-10-12-36(39,40)13-11-24/h3-9,14,16,24,27,48H,10-13,15,17-22,45H2,1-2H3,(H2,44,47). The molecule has 1 unspecified atom stereocenters. The lowest BCUT2D eigenvalue weighted by atomic mass is 9.70. The molecule has 3 fully saturated rings. The minimum atomic E-state index is -4.75. The van der Waals surface area contributed by atoms with Crippen molar-refractivity contribution in [3.63, 3.8) is 0 Å². The second kappa shape index (κ2) is 14.9. The third-order valence-corrected chi connectivity index (χ3v) is 11.1. The summed E-state index contributed by atoms with van der Waals surface area (Å²) in [6, 6.07) is 11.3. The molecule has 2 amide bonds. The molecule has 54 heavy (non-hydrogen) atoms. The highest BCUT2D eigenvalue weighted by Gasteiger charge is 2.61. The summed E-state index contributed by atoms with van der Waals surface area (Å²) in [5.41, 5.74) is 8.15. The van der Waals surface area contributed by atoms with Gasteiger partial charge in [-0.2, -0.15) is 18.3 Å². The van der Waals surface area contributed by atoms with Crippen LogP contribution in [0.3, 0.4) is 0 Å². The van der Waals surface area contributed by atoms with Crippen LogP contribution in [-0.4, -0.2) is 82.1 Å². The molecule has 2 aromatic carbocycles. The molecule has 0 radical (unpaired) electrons. The van der Waals surface area contributed by atoms with Crippen molar-refractivity contribution >= 4 is 17.6 Å². The molecule has 11 nitrogen and oxygen atoms in total. The van der Waals surface area contributed by atoms with Crippen molar-refractivity contribution in [3.05, 3.63) is 88.5 Å². The van der Waals surface area contributed by atoms with E-state index in [1.54, 1.807) is 40.0 Å². The van der Waals surface area contributed by atoms with Crippen molar-refractivity contribution in [1.29, 1.82) is 0 Å². The van der Waals surface area contributed by atoms with Gasteiger partial charge >= 0.3 is 6.18 Å². The third-order valence-electron chi connectivity index (χ3n) is 11.1. The Morgan fingerprint density at radius 2 is 1.70 bits per heavy atom. The van der Waals surface area contributed by atoms with Gasteiger partial charge < -0.3 is 20.3 Å². The van der Waals surface area contributed by atoms with Gasteiger partial charge in [-0.1, -0.05) is 30.3 Å². The number of ether oxygens (including phenoxy) is 1. The van der Waals surface area contributed by atoms with Crippen molar-refractivity contribution in [2.45, 2.75) is 70.7 Å². The fourth-order valence-corrected chi connectivity index (χ4v) is 7.85. The van der Waals surface area contributed by atoms with Gasteiger partial charge in [0.1, 0.15) is 11.2 Å². The van der Waals surface area contributed by atoms with E-state index >= 15 is 0 Å². The summed E-state index contributed by atoms with van der Waals surface area (Å²) in [5.74, 6) is 0.447. The number of carbonyl (C=O) groups excluding carboxylic acids is 2. The number of nitrogens with two attached hydrogens (primary N) is 2. The zero-order valence-corrected chi connectivity index (χ0v) is 30.0. The Kier molecular flexibility index (Phi) is 10.8. The number of amidine groups is 1. The number of likely N-dealkylation sites (tertiary alicyclic amines) is 2. The van der Waals surface area contributed by atoms with Gasteiger partial charge in [0.2, 0.25) is 11.8 Å². The minimum Gasteiger partial charge on any atom is -0.382 e. The number of aromatic nitrogens is 2. The maximum absolute atomic E-state index is 14.0. The first-order valence-electron chi connectivity index (χ1n) is 17.7. The number of hydrazone groups is 1. The number of hydrazine groups is 1. The van der Waals surface area contributed by atoms with Gasteiger partial charge in [0.05, 0.1) is 31.5 Å². The average molecular weight is 763 g/mol. The Labute approximate surface area is 308 Å². The number of hydrogen-bond acceptors (Lipinski definition) is 7. The van der Waals surface area contributed by atoms with Crippen LogP contribution in [-0.2, 0) is 22.7 Å². The lowest BCUT2D eigenvalue weighted by Crippen LogP contribution is -2.66. The van der Waals surface area contributed by atoms with Crippen molar-refractivity contribution in [2.24, 2.45) is 33.4 Å². The Morgan fingerprint density at radius 3 is 2.35 bits per heavy atom. The molecule has 1 saturated carbocycles. The second-order valence-corrected chi connectivity index (χ2v) is 15.2. The van der Waals surface area contributed by atoms with E-state index in [9.17, 15) is 35.9 Å². The largest absolute Gasteiger partial charge is 0.402 e. The van der Waals surface area contributed by atoms with Crippen LogP contribution < -0.4 is 17.1 Å². The van der Waals surface area contributed by atoms with Crippen LogP contribution in [0.15, 0.2) is 60.0 Å². The number of carbonyl (C=O) groups is 2. The fourth-order valence-electron chi connectivity index (χ4n) is 7.85. The zero-order valence-electron chi connectivity index (χ0n) is 30.0. The lowest BCUT2D eigenvalue weighted by Gasteiger charge is -2.52. The molecule has 1 atom stereocenters. The summed E-state index contributed by atoms with van der Waals surface area (Å²) in [6.07, 6.45) is -1.74. The van der Waals surface area contributed by atoms with E-state index in [0.29, 0.717) is 23.2 Å². The summed E-state index contributed by atoms with van der Waals surface area (Å²) in [7, 11) is 0. The molecule has 3 aromatic rings. The number of hydrogen-bond donors (Lipinski definition) is 3. The second-order valence-electron chi connectivity index (χ2n) is 15.2. The summed E-state index contributed by atoms with van der Waals surface area (Å²) >= 11 is 0. The van der Waals surface area contributed by atoms with Gasteiger partial charge in [-0.05, 0) is 61.4 Å². The van der Waals surface area contributed by atoms with E-state index in [4.69, 9.17) is 16.3 Å². The first-order chi connectivity index (χ1) is 25.4. The smallest absolute Gasteiger partial charge is 0.382 e. The predicted molar refractivity (Wildman–Crippen MR) is 186 cm³/mol. The Balaban J connectivity index is 1.20. The highest BCUT2D eigenvalue weighted by molar-refractivity contribution is 6.00. The molecule has 1 spiro atoms. The van der Waals surface area contributed by atoms with Crippen LogP contribution in [0.2, 0.25) is 0 Å². The van der Waals surface area contributed by atoms with E-state index in [-0.39, 0.29) is 94.5 Å². The van der Waals surface area contributed by atoms with Crippen molar-refractivity contribution in [1.82, 2.24) is 25.1 Å². The maximum atomic E-state index is 14.0. The monoisotopic (exact) mass is 762 g/mol. The molecule has 1 aromatic heterocycles. The zero-order chi connectivity index (χ0) is 39.1. The molecule has 5 N–H and O–H groups in total. The molecule has 2 aliphatic heterocycles. The summed E-state index contributed by atoms with van der Waals surface area (Å²) in [5, 5.41) is 8.24. The van der Waals surface area contributed by atoms with Crippen molar-refractivity contribution in [2.75, 3.05) is 32.8 Å². The number of benzene rings is 2. The van der Waals surface area contributed by atoms with Crippen LogP contribution in [0.5, 0.6) is 0 Å². The molecular weight excluding hydrogens is 718 g/mol. The lowest BCUT2D eigenvalue weighted by molar-refractivity contribution is -0.223. The first-order valence-corrected chi connectivity index (χ1v) is 17.7. The van der Waals surface area contributed by atoms with E-state index in [1.165, 1.54) is 23.2 Å². The summed E-state index contributed by atoms with van der Waals surface area (Å²) in [4.78, 5) is 29.7. The van der Waals surface area contributed by atoms with Gasteiger partial charge in [0, 0.05) is 62.1 Å². The molecule has 1 aliphatic carbocycles. The van der Waals surface area contributed by atoms with Crippen LogP contribution in [0.1, 0.15) is 78.1 Å². The predicted octanol–water partition coefficient (Wildman–Crippen LogP) is 5.15. The number of amides is 2. The average Bonchev–Trinajstić information content (AvgIpc) is 3.73. The topological polar surface area (TPSA) is 144 Å². The number of alkyl halides is 5. The van der Waals surface area contributed by atoms with E-state index < -0.39 is 28.8 Å².